The van der Waals surface area contributed by atoms with Crippen LogP contribution < -0.4 is 4.72 Å². The summed E-state index contributed by atoms with van der Waals surface area (Å²) in [5.41, 5.74) is 0. The molecule has 2 N–H and O–H groups in total. The van der Waals surface area contributed by atoms with Crippen LogP contribution in [0.4, 0.5) is 4.39 Å². The van der Waals surface area contributed by atoms with Crippen molar-refractivity contribution < 1.29 is 17.9 Å². The van der Waals surface area contributed by atoms with Crippen LogP contribution in [0.1, 0.15) is 13.3 Å². The number of aliphatic hydroxyl groups excluding tert-OH is 1. The van der Waals surface area contributed by atoms with Crippen molar-refractivity contribution in [3.05, 3.63) is 29.0 Å². The van der Waals surface area contributed by atoms with Gasteiger partial charge in [0.2, 0.25) is 10.0 Å². The van der Waals surface area contributed by atoms with Gasteiger partial charge in [-0.15, -0.1) is 0 Å². The van der Waals surface area contributed by atoms with Crippen molar-refractivity contribution in [2.45, 2.75) is 24.3 Å². The molecule has 7 heteroatoms. The summed E-state index contributed by atoms with van der Waals surface area (Å²) >= 11 is 5.65. The highest BCUT2D eigenvalue weighted by Gasteiger charge is 2.17. The second-order valence-electron chi connectivity index (χ2n) is 3.61. The zero-order chi connectivity index (χ0) is 13.1. The minimum absolute atomic E-state index is 0.0910. The Morgan fingerprint density at radius 3 is 2.71 bits per heavy atom. The molecule has 0 spiro atoms. The Kier molecular flexibility index (Phi) is 4.88. The smallest absolute Gasteiger partial charge is 0.242 e. The van der Waals surface area contributed by atoms with E-state index in [1.54, 1.807) is 6.92 Å². The van der Waals surface area contributed by atoms with Crippen LogP contribution in [0.5, 0.6) is 0 Å². The van der Waals surface area contributed by atoms with E-state index in [1.165, 1.54) is 0 Å². The van der Waals surface area contributed by atoms with E-state index in [2.05, 4.69) is 4.72 Å². The van der Waals surface area contributed by atoms with Crippen LogP contribution in [0.25, 0.3) is 0 Å². The van der Waals surface area contributed by atoms with Gasteiger partial charge in [0.1, 0.15) is 10.7 Å². The monoisotopic (exact) mass is 281 g/mol. The Hall–Kier alpha value is -0.690. The molecule has 0 radical (unpaired) electrons. The maximum Gasteiger partial charge on any atom is 0.242 e. The Morgan fingerprint density at radius 1 is 1.53 bits per heavy atom. The first-order chi connectivity index (χ1) is 7.83. The third kappa shape index (κ3) is 4.23. The van der Waals surface area contributed by atoms with Crippen molar-refractivity contribution in [2.75, 3.05) is 6.54 Å². The summed E-state index contributed by atoms with van der Waals surface area (Å²) in [4.78, 5) is -0.175. The van der Waals surface area contributed by atoms with Crippen LogP contribution in [0.3, 0.4) is 0 Å². The predicted octanol–water partition coefficient (Wildman–Crippen LogP) is 1.53. The molecule has 1 atom stereocenters. The minimum atomic E-state index is -3.76. The normalized spacial score (nSPS) is 13.6. The molecule has 0 saturated carbocycles. The van der Waals surface area contributed by atoms with E-state index in [1.807, 2.05) is 0 Å². The van der Waals surface area contributed by atoms with Gasteiger partial charge in [-0.2, -0.15) is 0 Å². The van der Waals surface area contributed by atoms with E-state index in [9.17, 15) is 12.8 Å². The summed E-state index contributed by atoms with van der Waals surface area (Å²) in [5, 5.41) is 8.83. The molecular weight excluding hydrogens is 269 g/mol. The molecule has 0 aliphatic rings. The average molecular weight is 282 g/mol. The van der Waals surface area contributed by atoms with Crippen molar-refractivity contribution >= 4 is 21.6 Å². The van der Waals surface area contributed by atoms with Gasteiger partial charge in [-0.3, -0.25) is 0 Å². The summed E-state index contributed by atoms with van der Waals surface area (Å²) < 4.78 is 38.5. The lowest BCUT2D eigenvalue weighted by Gasteiger charge is -2.09. The summed E-state index contributed by atoms with van der Waals surface area (Å²) in [7, 11) is -3.76. The first-order valence-electron chi connectivity index (χ1n) is 4.95. The molecule has 0 saturated heterocycles. The van der Waals surface area contributed by atoms with Crippen molar-refractivity contribution in [1.29, 1.82) is 0 Å². The van der Waals surface area contributed by atoms with Gasteiger partial charge < -0.3 is 5.11 Å². The van der Waals surface area contributed by atoms with Crippen LogP contribution in [0.2, 0.25) is 5.02 Å². The van der Waals surface area contributed by atoms with E-state index >= 15 is 0 Å². The first kappa shape index (κ1) is 14.4. The number of hydrogen-bond acceptors (Lipinski definition) is 3. The van der Waals surface area contributed by atoms with E-state index < -0.39 is 21.9 Å². The summed E-state index contributed by atoms with van der Waals surface area (Å²) in [6.07, 6.45) is -0.306. The summed E-state index contributed by atoms with van der Waals surface area (Å²) in [5.74, 6) is -0.599. The van der Waals surface area contributed by atoms with Gasteiger partial charge >= 0.3 is 0 Å². The maximum atomic E-state index is 12.8. The molecule has 17 heavy (non-hydrogen) atoms. The van der Waals surface area contributed by atoms with Gasteiger partial charge in [-0.05, 0) is 31.5 Å². The molecule has 1 unspecified atom stereocenters. The molecule has 0 bridgehead atoms. The Balaban J connectivity index is 2.83. The predicted molar refractivity (Wildman–Crippen MR) is 62.9 cm³/mol. The standard InChI is InChI=1S/C10H13ClFNO3S/c1-7(14)4-5-13-17(15,16)10-3-2-8(12)6-9(10)11/h2-3,6-7,13-14H,4-5H2,1H3. The van der Waals surface area contributed by atoms with Gasteiger partial charge in [0, 0.05) is 6.54 Å². The largest absolute Gasteiger partial charge is 0.393 e. The number of sulfonamides is 1. The van der Waals surface area contributed by atoms with Crippen molar-refractivity contribution in [1.82, 2.24) is 4.72 Å². The lowest BCUT2D eigenvalue weighted by molar-refractivity contribution is 0.186. The van der Waals surface area contributed by atoms with Crippen molar-refractivity contribution in [2.24, 2.45) is 0 Å². The van der Waals surface area contributed by atoms with Crippen LogP contribution in [-0.4, -0.2) is 26.2 Å². The number of aliphatic hydroxyl groups is 1. The quantitative estimate of drug-likeness (QED) is 0.860. The fourth-order valence-corrected chi connectivity index (χ4v) is 2.75. The molecule has 96 valence electrons. The van der Waals surface area contributed by atoms with E-state index in [0.717, 1.165) is 18.2 Å². The molecule has 4 nitrogen and oxygen atoms in total. The Bertz CT molecular complexity index is 490. The van der Waals surface area contributed by atoms with Crippen LogP contribution in [0.15, 0.2) is 23.1 Å². The SMILES string of the molecule is CC(O)CCNS(=O)(=O)c1ccc(F)cc1Cl. The van der Waals surface area contributed by atoms with Crippen LogP contribution >= 0.6 is 11.6 Å². The topological polar surface area (TPSA) is 66.4 Å². The lowest BCUT2D eigenvalue weighted by atomic mass is 10.3. The number of halogens is 2. The number of hydrogen-bond donors (Lipinski definition) is 2. The van der Waals surface area contributed by atoms with Gasteiger partial charge in [0.25, 0.3) is 0 Å². The highest BCUT2D eigenvalue weighted by Crippen LogP contribution is 2.21. The van der Waals surface area contributed by atoms with E-state index in [4.69, 9.17) is 16.7 Å². The Labute approximate surface area is 104 Å². The number of nitrogens with one attached hydrogen (secondary N) is 1. The highest BCUT2D eigenvalue weighted by atomic mass is 35.5. The molecule has 1 aromatic carbocycles. The van der Waals surface area contributed by atoms with Gasteiger partial charge in [0.15, 0.2) is 0 Å². The highest BCUT2D eigenvalue weighted by molar-refractivity contribution is 7.89. The summed E-state index contributed by atoms with van der Waals surface area (Å²) in [6, 6.07) is 3.06. The molecule has 0 heterocycles. The van der Waals surface area contributed by atoms with E-state index in [-0.39, 0.29) is 22.9 Å². The van der Waals surface area contributed by atoms with Gasteiger partial charge in [0.05, 0.1) is 11.1 Å². The van der Waals surface area contributed by atoms with Gasteiger partial charge in [-0.25, -0.2) is 17.5 Å². The molecule has 0 aromatic heterocycles. The third-order valence-corrected chi connectivity index (χ3v) is 3.98. The minimum Gasteiger partial charge on any atom is -0.393 e. The van der Waals surface area contributed by atoms with Gasteiger partial charge in [-0.1, -0.05) is 11.6 Å². The zero-order valence-corrected chi connectivity index (χ0v) is 10.7. The molecule has 0 fully saturated rings. The maximum absolute atomic E-state index is 12.8. The molecular formula is C10H13ClFNO3S. The van der Waals surface area contributed by atoms with Crippen molar-refractivity contribution in [3.8, 4) is 0 Å². The van der Waals surface area contributed by atoms with E-state index in [0.29, 0.717) is 0 Å². The van der Waals surface area contributed by atoms with Crippen LogP contribution in [-0.2, 0) is 10.0 Å². The summed E-state index contributed by atoms with van der Waals surface area (Å²) in [6.45, 7) is 1.65. The molecule has 1 aromatic rings. The lowest BCUT2D eigenvalue weighted by Crippen LogP contribution is -2.27. The zero-order valence-electron chi connectivity index (χ0n) is 9.15. The number of benzene rings is 1. The fourth-order valence-electron chi connectivity index (χ4n) is 1.17. The number of rotatable bonds is 5. The second kappa shape index (κ2) is 5.77. The van der Waals surface area contributed by atoms with Crippen LogP contribution in [0, 0.1) is 5.82 Å². The molecule has 1 rings (SSSR count). The second-order valence-corrected chi connectivity index (χ2v) is 5.75. The fraction of sp³-hybridized carbons (Fsp3) is 0.400. The molecule has 0 aliphatic heterocycles. The first-order valence-corrected chi connectivity index (χ1v) is 6.82. The third-order valence-electron chi connectivity index (χ3n) is 2.04. The Morgan fingerprint density at radius 2 is 2.18 bits per heavy atom. The molecule has 0 amide bonds. The molecule has 0 aliphatic carbocycles. The average Bonchev–Trinajstić information content (AvgIpc) is 2.15. The van der Waals surface area contributed by atoms with Crippen molar-refractivity contribution in [3.63, 3.8) is 0 Å².